The van der Waals surface area contributed by atoms with E-state index in [2.05, 4.69) is 71.9 Å². The minimum absolute atomic E-state index is 0.783. The quantitative estimate of drug-likeness (QED) is 0.552. The Morgan fingerprint density at radius 2 is 1.67 bits per heavy atom. The van der Waals surface area contributed by atoms with Crippen LogP contribution in [0.4, 0.5) is 0 Å². The Bertz CT molecular complexity index is 997. The Balaban J connectivity index is 1.90. The van der Waals surface area contributed by atoms with Crippen LogP contribution in [0.25, 0.3) is 16.9 Å². The van der Waals surface area contributed by atoms with Gasteiger partial charge in [0.25, 0.3) is 0 Å². The first-order valence-corrected chi connectivity index (χ1v) is 8.16. The fourth-order valence-corrected chi connectivity index (χ4v) is 3.03. The zero-order chi connectivity index (χ0) is 16.5. The molecule has 0 bridgehead atoms. The lowest BCUT2D eigenvalue weighted by molar-refractivity contribution is 0.918. The molecule has 0 unspecified atom stereocenters. The molecule has 0 aliphatic heterocycles. The van der Waals surface area contributed by atoms with Crippen molar-refractivity contribution in [1.29, 1.82) is 0 Å². The molecule has 0 aliphatic rings. The van der Waals surface area contributed by atoms with Crippen molar-refractivity contribution < 1.29 is 0 Å². The van der Waals surface area contributed by atoms with Gasteiger partial charge in [-0.15, -0.1) is 0 Å². The maximum atomic E-state index is 4.85. The van der Waals surface area contributed by atoms with Gasteiger partial charge in [0.15, 0.2) is 5.65 Å². The number of benzene rings is 2. The van der Waals surface area contributed by atoms with Crippen molar-refractivity contribution in [2.24, 2.45) is 0 Å². The van der Waals surface area contributed by atoms with Crippen LogP contribution in [0, 0.1) is 13.8 Å². The molecule has 0 fully saturated rings. The molecular formula is C21H19N3. The molecule has 0 spiro atoms. The number of imidazole rings is 1. The van der Waals surface area contributed by atoms with Crippen LogP contribution in [0.15, 0.2) is 66.9 Å². The first-order valence-electron chi connectivity index (χ1n) is 8.16. The van der Waals surface area contributed by atoms with Crippen molar-refractivity contribution in [2.75, 3.05) is 0 Å². The monoisotopic (exact) mass is 313 g/mol. The number of para-hydroxylation sites is 1. The van der Waals surface area contributed by atoms with E-state index in [-0.39, 0.29) is 0 Å². The molecule has 2 aromatic carbocycles. The van der Waals surface area contributed by atoms with Crippen molar-refractivity contribution >= 4 is 11.2 Å². The number of nitrogens with zero attached hydrogens (tertiary/aromatic N) is 3. The van der Waals surface area contributed by atoms with E-state index in [1.165, 1.54) is 16.7 Å². The molecule has 2 aromatic heterocycles. The average molecular weight is 313 g/mol. The summed E-state index contributed by atoms with van der Waals surface area (Å²) in [5, 5.41) is 0. The fourth-order valence-electron chi connectivity index (χ4n) is 3.03. The van der Waals surface area contributed by atoms with E-state index in [1.54, 1.807) is 0 Å². The Kier molecular flexibility index (Phi) is 3.62. The van der Waals surface area contributed by atoms with Gasteiger partial charge in [0.05, 0.1) is 5.69 Å². The van der Waals surface area contributed by atoms with Gasteiger partial charge in [0.2, 0.25) is 0 Å². The number of hydrogen-bond donors (Lipinski definition) is 0. The van der Waals surface area contributed by atoms with E-state index < -0.39 is 0 Å². The average Bonchev–Trinajstić information content (AvgIpc) is 2.95. The zero-order valence-electron chi connectivity index (χ0n) is 13.9. The molecule has 0 aliphatic carbocycles. The van der Waals surface area contributed by atoms with Gasteiger partial charge in [-0.25, -0.2) is 9.97 Å². The van der Waals surface area contributed by atoms with Gasteiger partial charge in [-0.2, -0.15) is 0 Å². The molecule has 0 amide bonds. The third-order valence-electron chi connectivity index (χ3n) is 4.32. The van der Waals surface area contributed by atoms with E-state index in [0.29, 0.717) is 0 Å². The zero-order valence-corrected chi connectivity index (χ0v) is 13.9. The van der Waals surface area contributed by atoms with Gasteiger partial charge in [-0.3, -0.25) is 4.57 Å². The number of rotatable bonds is 3. The van der Waals surface area contributed by atoms with Gasteiger partial charge in [0.1, 0.15) is 11.3 Å². The van der Waals surface area contributed by atoms with Gasteiger partial charge >= 0.3 is 0 Å². The third kappa shape index (κ3) is 2.58. The number of aryl methyl sites for hydroxylation is 2. The van der Waals surface area contributed by atoms with E-state index in [1.807, 2.05) is 18.3 Å². The highest BCUT2D eigenvalue weighted by Crippen LogP contribution is 2.24. The van der Waals surface area contributed by atoms with E-state index in [9.17, 15) is 0 Å². The first kappa shape index (κ1) is 14.6. The second kappa shape index (κ2) is 5.93. The Hall–Kier alpha value is -2.94. The summed E-state index contributed by atoms with van der Waals surface area (Å²) in [7, 11) is 0. The highest BCUT2D eigenvalue weighted by atomic mass is 15.1. The Morgan fingerprint density at radius 3 is 2.46 bits per heavy atom. The summed E-state index contributed by atoms with van der Waals surface area (Å²) in [6.07, 6.45) is 2.61. The van der Waals surface area contributed by atoms with Crippen molar-refractivity contribution in [3.8, 4) is 5.69 Å². The van der Waals surface area contributed by atoms with Crippen LogP contribution in [-0.2, 0) is 6.42 Å². The minimum Gasteiger partial charge on any atom is -0.280 e. The molecule has 0 saturated carbocycles. The van der Waals surface area contributed by atoms with Crippen molar-refractivity contribution in [3.63, 3.8) is 0 Å². The molecule has 3 nitrogen and oxygen atoms in total. The smallest absolute Gasteiger partial charge is 0.164 e. The largest absolute Gasteiger partial charge is 0.280 e. The first-order chi connectivity index (χ1) is 11.7. The van der Waals surface area contributed by atoms with Crippen LogP contribution in [0.2, 0.25) is 0 Å². The Labute approximate surface area is 141 Å². The van der Waals surface area contributed by atoms with Crippen LogP contribution >= 0.6 is 0 Å². The molecule has 0 saturated heterocycles. The molecular weight excluding hydrogens is 294 g/mol. The SMILES string of the molecule is Cc1ccc(Cc2nc3cccnc3n2-c2ccccc2C)cc1. The van der Waals surface area contributed by atoms with Gasteiger partial charge < -0.3 is 0 Å². The molecule has 2 heterocycles. The van der Waals surface area contributed by atoms with Gasteiger partial charge in [0, 0.05) is 12.6 Å². The van der Waals surface area contributed by atoms with E-state index >= 15 is 0 Å². The number of hydrogen-bond acceptors (Lipinski definition) is 2. The summed E-state index contributed by atoms with van der Waals surface area (Å²) in [5.41, 5.74) is 6.73. The molecule has 3 heteroatoms. The predicted molar refractivity (Wildman–Crippen MR) is 97.6 cm³/mol. The second-order valence-electron chi connectivity index (χ2n) is 6.16. The topological polar surface area (TPSA) is 30.7 Å². The normalized spacial score (nSPS) is 11.1. The van der Waals surface area contributed by atoms with Gasteiger partial charge in [-0.05, 0) is 43.2 Å². The lowest BCUT2D eigenvalue weighted by Crippen LogP contribution is -2.04. The summed E-state index contributed by atoms with van der Waals surface area (Å²) >= 11 is 0. The summed E-state index contributed by atoms with van der Waals surface area (Å²) < 4.78 is 2.19. The molecule has 0 N–H and O–H groups in total. The standard InChI is InChI=1S/C21H19N3/c1-15-9-11-17(12-10-15)14-20-23-18-7-5-13-22-21(18)24(20)19-8-4-3-6-16(19)2/h3-13H,14H2,1-2H3. The molecule has 4 rings (SSSR count). The van der Waals surface area contributed by atoms with Crippen LogP contribution < -0.4 is 0 Å². The highest BCUT2D eigenvalue weighted by molar-refractivity contribution is 5.74. The predicted octanol–water partition coefficient (Wildman–Crippen LogP) is 4.63. The maximum absolute atomic E-state index is 4.85. The molecule has 4 aromatic rings. The number of pyridine rings is 1. The third-order valence-corrected chi connectivity index (χ3v) is 4.32. The maximum Gasteiger partial charge on any atom is 0.164 e. The van der Waals surface area contributed by atoms with Crippen molar-refractivity contribution in [1.82, 2.24) is 14.5 Å². The summed E-state index contributed by atoms with van der Waals surface area (Å²) in [6, 6.07) is 21.0. The summed E-state index contributed by atoms with van der Waals surface area (Å²) in [5.74, 6) is 1.02. The molecule has 118 valence electrons. The van der Waals surface area contributed by atoms with Crippen LogP contribution in [0.5, 0.6) is 0 Å². The van der Waals surface area contributed by atoms with Gasteiger partial charge in [-0.1, -0.05) is 48.0 Å². The van der Waals surface area contributed by atoms with E-state index in [0.717, 1.165) is 29.1 Å². The summed E-state index contributed by atoms with van der Waals surface area (Å²) in [6.45, 7) is 4.23. The van der Waals surface area contributed by atoms with Crippen LogP contribution in [-0.4, -0.2) is 14.5 Å². The highest BCUT2D eigenvalue weighted by Gasteiger charge is 2.15. The van der Waals surface area contributed by atoms with Crippen molar-refractivity contribution in [3.05, 3.63) is 89.4 Å². The van der Waals surface area contributed by atoms with E-state index in [4.69, 9.17) is 4.98 Å². The Morgan fingerprint density at radius 1 is 0.875 bits per heavy atom. The molecule has 24 heavy (non-hydrogen) atoms. The lowest BCUT2D eigenvalue weighted by Gasteiger charge is -2.11. The van der Waals surface area contributed by atoms with Crippen molar-refractivity contribution in [2.45, 2.75) is 20.3 Å². The summed E-state index contributed by atoms with van der Waals surface area (Å²) in [4.78, 5) is 9.42. The molecule has 0 atom stereocenters. The fraction of sp³-hybridized carbons (Fsp3) is 0.143. The number of fused-ring (bicyclic) bond motifs is 1. The number of aromatic nitrogens is 3. The van der Waals surface area contributed by atoms with Crippen LogP contribution in [0.3, 0.4) is 0 Å². The molecule has 0 radical (unpaired) electrons. The minimum atomic E-state index is 0.783. The lowest BCUT2D eigenvalue weighted by atomic mass is 10.1. The second-order valence-corrected chi connectivity index (χ2v) is 6.16. The van der Waals surface area contributed by atoms with Crippen LogP contribution in [0.1, 0.15) is 22.5 Å².